The van der Waals surface area contributed by atoms with Crippen molar-refractivity contribution in [3.05, 3.63) is 39.6 Å². The minimum atomic E-state index is -3.54. The largest absolute Gasteiger partial charge is 0.310 e. The summed E-state index contributed by atoms with van der Waals surface area (Å²) in [5.74, 6) is 1.74. The molecule has 8 nitrogen and oxygen atoms in total. The first kappa shape index (κ1) is 21.7. The number of aromatic nitrogens is 2. The van der Waals surface area contributed by atoms with Crippen molar-refractivity contribution in [1.29, 1.82) is 0 Å². The average Bonchev–Trinajstić information content (AvgIpc) is 2.74. The van der Waals surface area contributed by atoms with Crippen molar-refractivity contribution >= 4 is 10.2 Å². The number of hydrogen-bond acceptors (Lipinski definition) is 5. The van der Waals surface area contributed by atoms with Gasteiger partial charge in [-0.2, -0.15) is 17.0 Å². The normalized spacial score (nSPS) is 26.1. The van der Waals surface area contributed by atoms with Crippen molar-refractivity contribution in [2.24, 2.45) is 5.92 Å². The number of nitrogens with zero attached hydrogens (tertiary/aromatic N) is 4. The van der Waals surface area contributed by atoms with E-state index < -0.39 is 10.2 Å². The summed E-state index contributed by atoms with van der Waals surface area (Å²) in [7, 11) is -0.519. The molecule has 2 atom stereocenters. The molecule has 0 unspecified atom stereocenters. The molecule has 3 heterocycles. The Hall–Kier alpha value is -1.55. The Bertz CT molecular complexity index is 956. The van der Waals surface area contributed by atoms with E-state index in [-0.39, 0.29) is 18.0 Å². The van der Waals surface area contributed by atoms with E-state index >= 15 is 0 Å². The summed E-state index contributed by atoms with van der Waals surface area (Å²) in [6.45, 7) is 3.61. The van der Waals surface area contributed by atoms with E-state index in [2.05, 4.69) is 22.0 Å². The van der Waals surface area contributed by atoms with Crippen LogP contribution in [0.5, 0.6) is 0 Å². The molecule has 3 aliphatic rings. The maximum atomic E-state index is 12.8. The zero-order valence-electron chi connectivity index (χ0n) is 18.0. The fourth-order valence-electron chi connectivity index (χ4n) is 4.87. The van der Waals surface area contributed by atoms with Gasteiger partial charge in [-0.05, 0) is 44.6 Å². The lowest BCUT2D eigenvalue weighted by atomic mass is 9.91. The zero-order valence-corrected chi connectivity index (χ0v) is 18.8. The zero-order chi connectivity index (χ0) is 21.3. The highest BCUT2D eigenvalue weighted by Crippen LogP contribution is 2.28. The molecule has 0 spiro atoms. The fraction of sp³-hybridized carbons (Fsp3) is 0.714. The summed E-state index contributed by atoms with van der Waals surface area (Å²) in [5.41, 5.74) is 1.05. The van der Waals surface area contributed by atoms with E-state index in [4.69, 9.17) is 4.98 Å². The predicted octanol–water partition coefficient (Wildman–Crippen LogP) is 1.47. The van der Waals surface area contributed by atoms with E-state index in [1.54, 1.807) is 0 Å². The number of nitrogens with one attached hydrogen (secondary N) is 1. The van der Waals surface area contributed by atoms with Gasteiger partial charge in [-0.25, -0.2) is 4.98 Å². The van der Waals surface area contributed by atoms with Crippen LogP contribution in [-0.2, 0) is 23.2 Å². The Balaban J connectivity index is 1.48. The van der Waals surface area contributed by atoms with Gasteiger partial charge in [0, 0.05) is 52.6 Å². The lowest BCUT2D eigenvalue weighted by Gasteiger charge is -2.35. The van der Waals surface area contributed by atoms with Gasteiger partial charge in [-0.15, -0.1) is 0 Å². The second-order valence-corrected chi connectivity index (χ2v) is 11.1. The Kier molecular flexibility index (Phi) is 6.43. The lowest BCUT2D eigenvalue weighted by molar-refractivity contribution is 0.171. The molecule has 1 saturated heterocycles. The van der Waals surface area contributed by atoms with Crippen LogP contribution >= 0.6 is 0 Å². The van der Waals surface area contributed by atoms with Crippen LogP contribution < -0.4 is 5.56 Å². The van der Waals surface area contributed by atoms with Gasteiger partial charge in [-0.3, -0.25) is 4.79 Å². The molecule has 1 fully saturated rings. The van der Waals surface area contributed by atoms with Crippen molar-refractivity contribution in [3.8, 4) is 0 Å². The Morgan fingerprint density at radius 1 is 1.23 bits per heavy atom. The summed E-state index contributed by atoms with van der Waals surface area (Å²) >= 11 is 0. The molecule has 9 heteroatoms. The molecular weight excluding hydrogens is 402 g/mol. The number of hydrogen-bond donors (Lipinski definition) is 1. The van der Waals surface area contributed by atoms with Gasteiger partial charge in [-0.1, -0.05) is 12.2 Å². The van der Waals surface area contributed by atoms with Gasteiger partial charge >= 0.3 is 0 Å². The van der Waals surface area contributed by atoms with E-state index in [9.17, 15) is 13.2 Å². The Labute approximate surface area is 179 Å². The number of fused-ring (bicyclic) bond motifs is 1. The van der Waals surface area contributed by atoms with Gasteiger partial charge in [0.25, 0.3) is 15.8 Å². The van der Waals surface area contributed by atoms with Gasteiger partial charge in [0.2, 0.25) is 0 Å². The van der Waals surface area contributed by atoms with Crippen LogP contribution in [0.1, 0.15) is 55.1 Å². The summed E-state index contributed by atoms with van der Waals surface area (Å²) < 4.78 is 27.4. The quantitative estimate of drug-likeness (QED) is 0.708. The van der Waals surface area contributed by atoms with Crippen molar-refractivity contribution < 1.29 is 8.42 Å². The molecule has 1 aromatic heterocycles. The second kappa shape index (κ2) is 8.90. The molecule has 0 amide bonds. The maximum Gasteiger partial charge on any atom is 0.281 e. The highest BCUT2D eigenvalue weighted by molar-refractivity contribution is 7.86. The van der Waals surface area contributed by atoms with Crippen LogP contribution in [0.4, 0.5) is 0 Å². The summed E-state index contributed by atoms with van der Waals surface area (Å²) in [5, 5.41) is 0. The number of allylic oxidation sites excluding steroid dienone is 2. The minimum Gasteiger partial charge on any atom is -0.310 e. The molecule has 0 bridgehead atoms. The van der Waals surface area contributed by atoms with Crippen LogP contribution in [-0.4, -0.2) is 72.2 Å². The first-order chi connectivity index (χ1) is 14.3. The monoisotopic (exact) mass is 435 g/mol. The summed E-state index contributed by atoms with van der Waals surface area (Å²) in [4.78, 5) is 23.1. The molecule has 1 N–H and O–H groups in total. The van der Waals surface area contributed by atoms with Gasteiger partial charge in [0.15, 0.2) is 0 Å². The van der Waals surface area contributed by atoms with E-state index in [1.807, 2.05) is 0 Å². The van der Waals surface area contributed by atoms with Gasteiger partial charge in [0.05, 0.1) is 11.3 Å². The number of aromatic amines is 1. The van der Waals surface area contributed by atoms with Crippen LogP contribution in [0.25, 0.3) is 0 Å². The maximum absolute atomic E-state index is 12.8. The average molecular weight is 436 g/mol. The minimum absolute atomic E-state index is 0.0877. The van der Waals surface area contributed by atoms with Crippen molar-refractivity contribution in [2.45, 2.75) is 51.0 Å². The van der Waals surface area contributed by atoms with Gasteiger partial charge in [0.1, 0.15) is 5.82 Å². The molecule has 1 aromatic rings. The third kappa shape index (κ3) is 4.54. The molecule has 30 heavy (non-hydrogen) atoms. The number of rotatable bonds is 5. The Morgan fingerprint density at radius 3 is 2.80 bits per heavy atom. The standard InChI is InChI=1S/C21H33N5O3S/c1-24(2)30(28,29)26-12-10-19-18(15-26)21(27)23-20(22-19)17-9-6-11-25(14-17)13-16-7-4-3-5-8-16/h3-4,16-17H,5-15H2,1-2H3,(H,22,23,27)/t16-,17-/m0/s1. The summed E-state index contributed by atoms with van der Waals surface area (Å²) in [6, 6.07) is 0. The smallest absolute Gasteiger partial charge is 0.281 e. The van der Waals surface area contributed by atoms with Crippen LogP contribution in [0.2, 0.25) is 0 Å². The van der Waals surface area contributed by atoms with Crippen LogP contribution in [0.15, 0.2) is 16.9 Å². The highest BCUT2D eigenvalue weighted by atomic mass is 32.2. The first-order valence-corrected chi connectivity index (χ1v) is 12.4. The van der Waals surface area contributed by atoms with E-state index in [1.165, 1.54) is 42.0 Å². The van der Waals surface area contributed by atoms with E-state index in [0.29, 0.717) is 18.5 Å². The molecule has 2 aliphatic heterocycles. The second-order valence-electron chi connectivity index (χ2n) is 9.00. The van der Waals surface area contributed by atoms with Crippen molar-refractivity contribution in [1.82, 2.24) is 23.5 Å². The fourth-order valence-corrected chi connectivity index (χ4v) is 5.95. The third-order valence-electron chi connectivity index (χ3n) is 6.63. The molecule has 1 aliphatic carbocycles. The molecule has 0 radical (unpaired) electrons. The molecule has 4 rings (SSSR count). The lowest BCUT2D eigenvalue weighted by Crippen LogP contribution is -2.45. The number of piperidine rings is 1. The molecule has 0 aromatic carbocycles. The molecular formula is C21H33N5O3S. The first-order valence-electron chi connectivity index (χ1n) is 11.0. The molecule has 0 saturated carbocycles. The van der Waals surface area contributed by atoms with Crippen molar-refractivity contribution in [2.75, 3.05) is 40.3 Å². The summed E-state index contributed by atoms with van der Waals surface area (Å²) in [6.07, 6.45) is 10.8. The van der Waals surface area contributed by atoms with Gasteiger partial charge < -0.3 is 9.88 Å². The van der Waals surface area contributed by atoms with Crippen LogP contribution in [0.3, 0.4) is 0 Å². The predicted molar refractivity (Wildman–Crippen MR) is 116 cm³/mol. The Morgan fingerprint density at radius 2 is 2.07 bits per heavy atom. The van der Waals surface area contributed by atoms with E-state index in [0.717, 1.165) is 49.9 Å². The SMILES string of the molecule is CN(C)S(=O)(=O)N1CCc2nc([C@H]3CCCN(C[C@H]4CC=CCC4)C3)[nH]c(=O)c2C1. The van der Waals surface area contributed by atoms with Crippen molar-refractivity contribution in [3.63, 3.8) is 0 Å². The highest BCUT2D eigenvalue weighted by Gasteiger charge is 2.32. The number of H-pyrrole nitrogens is 1. The molecule has 166 valence electrons. The van der Waals surface area contributed by atoms with Crippen LogP contribution in [0, 0.1) is 5.92 Å². The topological polar surface area (TPSA) is 89.6 Å². The number of likely N-dealkylation sites (tertiary alicyclic amines) is 1. The third-order valence-corrected chi connectivity index (χ3v) is 8.51.